The number of carbonyl (C=O) groups is 3. The number of carbonyl (C=O) groups excluding carboxylic acids is 3. The van der Waals surface area contributed by atoms with E-state index < -0.39 is 17.5 Å². The Morgan fingerprint density at radius 1 is 1.37 bits per heavy atom. The van der Waals surface area contributed by atoms with Crippen LogP contribution in [0.2, 0.25) is 0 Å². The molecule has 0 bridgehead atoms. The Bertz CT molecular complexity index is 731. The van der Waals surface area contributed by atoms with Crippen molar-refractivity contribution in [3.05, 3.63) is 17.0 Å². The molecule has 27 heavy (non-hydrogen) atoms. The van der Waals surface area contributed by atoms with Gasteiger partial charge in [-0.05, 0) is 52.5 Å². The van der Waals surface area contributed by atoms with Gasteiger partial charge in [0.05, 0.1) is 12.2 Å². The Labute approximate surface area is 158 Å². The van der Waals surface area contributed by atoms with Crippen molar-refractivity contribution in [1.82, 2.24) is 25.8 Å². The van der Waals surface area contributed by atoms with Gasteiger partial charge in [0.2, 0.25) is 0 Å². The number of urea groups is 1. The van der Waals surface area contributed by atoms with E-state index in [1.165, 1.54) is 0 Å². The zero-order valence-corrected chi connectivity index (χ0v) is 16.3. The minimum absolute atomic E-state index is 0.0329. The molecular weight excluding hydrogens is 350 g/mol. The molecule has 0 radical (unpaired) electrons. The second-order valence-corrected chi connectivity index (χ2v) is 7.85. The highest BCUT2D eigenvalue weighted by Gasteiger charge is 2.52. The van der Waals surface area contributed by atoms with Crippen LogP contribution in [0.4, 0.5) is 4.79 Å². The average molecular weight is 377 g/mol. The van der Waals surface area contributed by atoms with Crippen molar-refractivity contribution in [3.63, 3.8) is 0 Å². The normalized spacial score (nSPS) is 25.4. The predicted octanol–water partition coefficient (Wildman–Crippen LogP) is 1.26. The highest BCUT2D eigenvalue weighted by atomic mass is 16.5. The number of imide groups is 1. The molecule has 148 valence electrons. The van der Waals surface area contributed by atoms with Crippen LogP contribution in [0.3, 0.4) is 0 Å². The predicted molar refractivity (Wildman–Crippen MR) is 96.2 cm³/mol. The van der Waals surface area contributed by atoms with E-state index in [9.17, 15) is 14.4 Å². The van der Waals surface area contributed by atoms with Gasteiger partial charge >= 0.3 is 6.03 Å². The summed E-state index contributed by atoms with van der Waals surface area (Å²) in [6.07, 6.45) is 2.98. The molecule has 3 rings (SSSR count). The monoisotopic (exact) mass is 377 g/mol. The van der Waals surface area contributed by atoms with E-state index >= 15 is 0 Å². The number of nitrogens with zero attached hydrogens (tertiary/aromatic N) is 3. The molecule has 1 aromatic rings. The van der Waals surface area contributed by atoms with Gasteiger partial charge in [0, 0.05) is 12.1 Å². The van der Waals surface area contributed by atoms with Crippen LogP contribution in [-0.4, -0.2) is 52.0 Å². The minimum Gasteiger partial charge on any atom is -0.361 e. The minimum atomic E-state index is -0.862. The summed E-state index contributed by atoms with van der Waals surface area (Å²) >= 11 is 0. The number of hydrazine groups is 1. The van der Waals surface area contributed by atoms with Crippen molar-refractivity contribution in [2.24, 2.45) is 5.92 Å². The van der Waals surface area contributed by atoms with Crippen molar-refractivity contribution >= 4 is 17.8 Å². The Kier molecular flexibility index (Phi) is 5.23. The van der Waals surface area contributed by atoms with Gasteiger partial charge in [-0.3, -0.25) is 19.9 Å². The lowest BCUT2D eigenvalue weighted by molar-refractivity contribution is -0.140. The fourth-order valence-corrected chi connectivity index (χ4v) is 3.77. The Hall–Kier alpha value is -2.42. The summed E-state index contributed by atoms with van der Waals surface area (Å²) in [5.74, 6) is 0.472. The molecule has 0 atom stereocenters. The first-order chi connectivity index (χ1) is 12.7. The molecule has 0 unspecified atom stereocenters. The number of likely N-dealkylation sites (N-methyl/N-ethyl adjacent to an activating group) is 1. The lowest BCUT2D eigenvalue weighted by Crippen LogP contribution is -2.52. The van der Waals surface area contributed by atoms with Gasteiger partial charge in [0.25, 0.3) is 11.8 Å². The van der Waals surface area contributed by atoms with Gasteiger partial charge < -0.3 is 9.84 Å². The standard InChI is InChI=1S/C18H27N5O4/c1-11-5-7-18(8-6-11)16(25)23(17(26)19-18)20-15(24)10-22(4)9-14-12(2)21-27-13(14)3/h11H,5-10H2,1-4H3,(H,19,26)(H,20,24). The van der Waals surface area contributed by atoms with Crippen LogP contribution >= 0.6 is 0 Å². The maximum atomic E-state index is 12.8. The first-order valence-corrected chi connectivity index (χ1v) is 9.28. The smallest absolute Gasteiger partial charge is 0.344 e. The molecule has 2 fully saturated rings. The van der Waals surface area contributed by atoms with Crippen molar-refractivity contribution in [2.45, 2.75) is 58.5 Å². The molecule has 2 aliphatic rings. The van der Waals surface area contributed by atoms with Crippen LogP contribution in [0.25, 0.3) is 0 Å². The lowest BCUT2D eigenvalue weighted by atomic mass is 9.77. The largest absolute Gasteiger partial charge is 0.361 e. The third kappa shape index (κ3) is 3.83. The van der Waals surface area contributed by atoms with E-state index in [4.69, 9.17) is 4.52 Å². The molecule has 1 spiro atoms. The van der Waals surface area contributed by atoms with Gasteiger partial charge in [-0.1, -0.05) is 12.1 Å². The van der Waals surface area contributed by atoms with Gasteiger partial charge in [0.1, 0.15) is 11.3 Å². The summed E-state index contributed by atoms with van der Waals surface area (Å²) in [4.78, 5) is 39.1. The molecule has 9 heteroatoms. The van der Waals surface area contributed by atoms with Gasteiger partial charge in [-0.15, -0.1) is 0 Å². The fraction of sp³-hybridized carbons (Fsp3) is 0.667. The molecule has 2 heterocycles. The van der Waals surface area contributed by atoms with Crippen molar-refractivity contribution in [3.8, 4) is 0 Å². The van der Waals surface area contributed by atoms with E-state index in [0.717, 1.165) is 29.1 Å². The quantitative estimate of drug-likeness (QED) is 0.748. The highest BCUT2D eigenvalue weighted by Crippen LogP contribution is 2.35. The van der Waals surface area contributed by atoms with E-state index in [-0.39, 0.29) is 12.5 Å². The maximum absolute atomic E-state index is 12.8. The van der Waals surface area contributed by atoms with E-state index in [0.29, 0.717) is 31.1 Å². The lowest BCUT2D eigenvalue weighted by Gasteiger charge is -2.33. The molecular formula is C18H27N5O4. The summed E-state index contributed by atoms with van der Waals surface area (Å²) in [5.41, 5.74) is 3.30. The molecule has 1 aliphatic heterocycles. The van der Waals surface area contributed by atoms with Crippen molar-refractivity contribution in [2.75, 3.05) is 13.6 Å². The zero-order valence-electron chi connectivity index (χ0n) is 16.3. The molecule has 2 N–H and O–H groups in total. The number of aromatic nitrogens is 1. The number of hydrogen-bond donors (Lipinski definition) is 2. The van der Waals surface area contributed by atoms with E-state index in [1.54, 1.807) is 11.9 Å². The fourth-order valence-electron chi connectivity index (χ4n) is 3.77. The number of rotatable bonds is 5. The summed E-state index contributed by atoms with van der Waals surface area (Å²) in [7, 11) is 1.78. The third-order valence-electron chi connectivity index (χ3n) is 5.55. The van der Waals surface area contributed by atoms with Crippen LogP contribution < -0.4 is 10.7 Å². The van der Waals surface area contributed by atoms with Gasteiger partial charge in [-0.25, -0.2) is 4.79 Å². The molecule has 1 aromatic heterocycles. The topological polar surface area (TPSA) is 108 Å². The average Bonchev–Trinajstić information content (AvgIpc) is 3.03. The maximum Gasteiger partial charge on any atom is 0.344 e. The number of amides is 4. The van der Waals surface area contributed by atoms with Gasteiger partial charge in [-0.2, -0.15) is 5.01 Å². The number of aryl methyl sites for hydroxylation is 2. The van der Waals surface area contributed by atoms with Gasteiger partial charge in [0.15, 0.2) is 0 Å². The van der Waals surface area contributed by atoms with Crippen LogP contribution in [-0.2, 0) is 16.1 Å². The number of nitrogens with one attached hydrogen (secondary N) is 2. The molecule has 0 aromatic carbocycles. The number of hydrogen-bond acceptors (Lipinski definition) is 6. The second kappa shape index (κ2) is 7.30. The SMILES string of the molecule is Cc1noc(C)c1CN(C)CC(=O)NN1C(=O)NC2(CCC(C)CC2)C1=O. The van der Waals surface area contributed by atoms with Crippen LogP contribution in [0.15, 0.2) is 4.52 Å². The summed E-state index contributed by atoms with van der Waals surface area (Å²) in [5, 5.41) is 7.52. The van der Waals surface area contributed by atoms with E-state index in [2.05, 4.69) is 22.8 Å². The molecule has 1 aliphatic carbocycles. The Morgan fingerprint density at radius 3 is 2.63 bits per heavy atom. The third-order valence-corrected chi connectivity index (χ3v) is 5.55. The Balaban J connectivity index is 1.57. The van der Waals surface area contributed by atoms with Crippen LogP contribution in [0.5, 0.6) is 0 Å². The molecule has 1 saturated carbocycles. The summed E-state index contributed by atoms with van der Waals surface area (Å²) in [6, 6.07) is -0.559. The zero-order chi connectivity index (χ0) is 19.8. The first kappa shape index (κ1) is 19.3. The summed E-state index contributed by atoms with van der Waals surface area (Å²) < 4.78 is 5.13. The molecule has 9 nitrogen and oxygen atoms in total. The molecule has 1 saturated heterocycles. The van der Waals surface area contributed by atoms with Crippen LogP contribution in [0, 0.1) is 19.8 Å². The van der Waals surface area contributed by atoms with Crippen molar-refractivity contribution < 1.29 is 18.9 Å². The van der Waals surface area contributed by atoms with Crippen LogP contribution in [0.1, 0.15) is 49.6 Å². The van der Waals surface area contributed by atoms with Crippen molar-refractivity contribution in [1.29, 1.82) is 0 Å². The summed E-state index contributed by atoms with van der Waals surface area (Å²) in [6.45, 7) is 6.32. The second-order valence-electron chi connectivity index (χ2n) is 7.85. The first-order valence-electron chi connectivity index (χ1n) is 9.28. The Morgan fingerprint density at radius 2 is 2.04 bits per heavy atom. The van der Waals surface area contributed by atoms with E-state index in [1.807, 2.05) is 13.8 Å². The highest BCUT2D eigenvalue weighted by molar-refractivity contribution is 6.08. The molecule has 4 amide bonds.